The third-order valence-corrected chi connectivity index (χ3v) is 5.92. The SMILES string of the molecule is Cc1cc(C2CCCNC2)oc(=O)c1C(=O)NCCc1nc(C)c(C)s1. The Kier molecular flexibility index (Phi) is 5.88. The van der Waals surface area contributed by atoms with Crippen LogP contribution in [-0.4, -0.2) is 30.5 Å². The summed E-state index contributed by atoms with van der Waals surface area (Å²) in [5, 5.41) is 7.11. The van der Waals surface area contributed by atoms with Crippen molar-refractivity contribution in [2.75, 3.05) is 19.6 Å². The molecule has 0 aliphatic carbocycles. The number of hydrogen-bond acceptors (Lipinski definition) is 6. The highest BCUT2D eigenvalue weighted by atomic mass is 32.1. The molecule has 0 aromatic carbocycles. The lowest BCUT2D eigenvalue weighted by Crippen LogP contribution is -2.32. The molecular formula is C19H25N3O3S. The zero-order valence-electron chi connectivity index (χ0n) is 15.5. The Morgan fingerprint density at radius 3 is 2.85 bits per heavy atom. The number of aromatic nitrogens is 1. The molecule has 7 heteroatoms. The standard InChI is InChI=1S/C19H25N3O3S/c1-11-9-15(14-5-4-7-20-10-14)25-19(24)17(11)18(23)21-8-6-16-22-12(2)13(3)26-16/h9,14,20H,4-8,10H2,1-3H3,(H,21,23). The normalized spacial score (nSPS) is 17.3. The molecule has 1 aliphatic heterocycles. The molecular weight excluding hydrogens is 350 g/mol. The van der Waals surface area contributed by atoms with E-state index in [1.165, 1.54) is 4.88 Å². The number of aryl methyl sites for hydroxylation is 3. The fraction of sp³-hybridized carbons (Fsp3) is 0.526. The summed E-state index contributed by atoms with van der Waals surface area (Å²) in [6.45, 7) is 8.05. The van der Waals surface area contributed by atoms with Crippen molar-refractivity contribution in [1.29, 1.82) is 0 Å². The van der Waals surface area contributed by atoms with Gasteiger partial charge in [-0.15, -0.1) is 11.3 Å². The van der Waals surface area contributed by atoms with Crippen molar-refractivity contribution in [3.8, 4) is 0 Å². The fourth-order valence-corrected chi connectivity index (χ4v) is 4.15. The number of thiazole rings is 1. The van der Waals surface area contributed by atoms with E-state index in [-0.39, 0.29) is 17.4 Å². The lowest BCUT2D eigenvalue weighted by Gasteiger charge is -2.22. The van der Waals surface area contributed by atoms with Gasteiger partial charge in [0.05, 0.1) is 10.7 Å². The van der Waals surface area contributed by atoms with Crippen molar-refractivity contribution in [2.24, 2.45) is 0 Å². The van der Waals surface area contributed by atoms with Crippen LogP contribution >= 0.6 is 11.3 Å². The first kappa shape index (κ1) is 18.8. The molecule has 1 fully saturated rings. The number of amides is 1. The van der Waals surface area contributed by atoms with E-state index in [0.717, 1.165) is 36.6 Å². The maximum atomic E-state index is 12.4. The van der Waals surface area contributed by atoms with Crippen LogP contribution < -0.4 is 16.3 Å². The first-order chi connectivity index (χ1) is 12.5. The van der Waals surface area contributed by atoms with Crippen LogP contribution in [0.5, 0.6) is 0 Å². The van der Waals surface area contributed by atoms with Crippen molar-refractivity contribution < 1.29 is 9.21 Å². The molecule has 2 N–H and O–H groups in total. The lowest BCUT2D eigenvalue weighted by atomic mass is 9.95. The molecule has 0 radical (unpaired) electrons. The Bertz CT molecular complexity index is 831. The number of carbonyl (C=O) groups excluding carboxylic acids is 1. The summed E-state index contributed by atoms with van der Waals surface area (Å²) in [5.41, 5.74) is 1.24. The third kappa shape index (κ3) is 4.22. The van der Waals surface area contributed by atoms with E-state index in [1.54, 1.807) is 18.3 Å². The number of carbonyl (C=O) groups is 1. The molecule has 2 aromatic heterocycles. The highest BCUT2D eigenvalue weighted by molar-refractivity contribution is 7.11. The largest absolute Gasteiger partial charge is 0.427 e. The average molecular weight is 375 g/mol. The summed E-state index contributed by atoms with van der Waals surface area (Å²) in [7, 11) is 0. The molecule has 0 saturated carbocycles. The topological polar surface area (TPSA) is 84.2 Å². The van der Waals surface area contributed by atoms with Crippen molar-refractivity contribution in [1.82, 2.24) is 15.6 Å². The second kappa shape index (κ2) is 8.14. The molecule has 1 aliphatic rings. The quantitative estimate of drug-likeness (QED) is 0.839. The smallest absolute Gasteiger partial charge is 0.349 e. The molecule has 6 nitrogen and oxygen atoms in total. The minimum atomic E-state index is -0.552. The summed E-state index contributed by atoms with van der Waals surface area (Å²) in [6.07, 6.45) is 2.71. The number of rotatable bonds is 5. The van der Waals surface area contributed by atoms with Gasteiger partial charge >= 0.3 is 5.63 Å². The molecule has 1 unspecified atom stereocenters. The van der Waals surface area contributed by atoms with Crippen molar-refractivity contribution in [3.63, 3.8) is 0 Å². The highest BCUT2D eigenvalue weighted by Gasteiger charge is 2.22. The van der Waals surface area contributed by atoms with Gasteiger partial charge in [-0.05, 0) is 51.8 Å². The van der Waals surface area contributed by atoms with Gasteiger partial charge in [0.2, 0.25) is 0 Å². The van der Waals surface area contributed by atoms with Gasteiger partial charge in [-0.2, -0.15) is 0 Å². The van der Waals surface area contributed by atoms with Gasteiger partial charge in [0.1, 0.15) is 11.3 Å². The van der Waals surface area contributed by atoms with E-state index in [2.05, 4.69) is 15.6 Å². The second-order valence-corrected chi connectivity index (χ2v) is 8.08. The van der Waals surface area contributed by atoms with E-state index >= 15 is 0 Å². The van der Waals surface area contributed by atoms with Crippen LogP contribution in [0.25, 0.3) is 0 Å². The Labute approximate surface area is 157 Å². The summed E-state index contributed by atoms with van der Waals surface area (Å²) in [5.74, 6) is 0.489. The van der Waals surface area contributed by atoms with Crippen molar-refractivity contribution in [3.05, 3.63) is 49.0 Å². The molecule has 3 rings (SSSR count). The summed E-state index contributed by atoms with van der Waals surface area (Å²) in [4.78, 5) is 30.5. The van der Waals surface area contributed by atoms with Gasteiger partial charge in [0, 0.05) is 30.3 Å². The molecule has 140 valence electrons. The number of piperidine rings is 1. The van der Waals surface area contributed by atoms with Crippen LogP contribution in [-0.2, 0) is 6.42 Å². The Hall–Kier alpha value is -1.99. The maximum Gasteiger partial charge on any atom is 0.349 e. The van der Waals surface area contributed by atoms with Crippen LogP contribution in [0, 0.1) is 20.8 Å². The van der Waals surface area contributed by atoms with Crippen molar-refractivity contribution in [2.45, 2.75) is 46.0 Å². The molecule has 0 spiro atoms. The molecule has 1 saturated heterocycles. The average Bonchev–Trinajstić information content (AvgIpc) is 2.93. The van der Waals surface area contributed by atoms with Gasteiger partial charge < -0.3 is 15.1 Å². The van der Waals surface area contributed by atoms with Crippen LogP contribution in [0.1, 0.15) is 56.0 Å². The van der Waals surface area contributed by atoms with Crippen LogP contribution in [0.2, 0.25) is 0 Å². The Morgan fingerprint density at radius 1 is 1.42 bits per heavy atom. The lowest BCUT2D eigenvalue weighted by molar-refractivity contribution is 0.0949. The summed E-state index contributed by atoms with van der Waals surface area (Å²) in [6, 6.07) is 1.83. The zero-order chi connectivity index (χ0) is 18.7. The van der Waals surface area contributed by atoms with Crippen LogP contribution in [0.3, 0.4) is 0 Å². The van der Waals surface area contributed by atoms with E-state index in [9.17, 15) is 9.59 Å². The van der Waals surface area contributed by atoms with E-state index in [1.807, 2.05) is 19.9 Å². The van der Waals surface area contributed by atoms with Gasteiger partial charge in [-0.3, -0.25) is 4.79 Å². The fourth-order valence-electron chi connectivity index (χ4n) is 3.22. The number of nitrogens with one attached hydrogen (secondary N) is 2. The van der Waals surface area contributed by atoms with Crippen molar-refractivity contribution >= 4 is 17.2 Å². The first-order valence-electron chi connectivity index (χ1n) is 9.02. The third-order valence-electron chi connectivity index (χ3n) is 4.79. The van der Waals surface area contributed by atoms with E-state index in [4.69, 9.17) is 4.42 Å². The Balaban J connectivity index is 1.65. The Morgan fingerprint density at radius 2 is 2.23 bits per heavy atom. The predicted octanol–water partition coefficient (Wildman–Crippen LogP) is 2.46. The second-order valence-electron chi connectivity index (χ2n) is 6.79. The van der Waals surface area contributed by atoms with Gasteiger partial charge in [0.15, 0.2) is 0 Å². The molecule has 26 heavy (non-hydrogen) atoms. The zero-order valence-corrected chi connectivity index (χ0v) is 16.3. The number of hydrogen-bond donors (Lipinski definition) is 2. The summed E-state index contributed by atoms with van der Waals surface area (Å²) >= 11 is 1.64. The predicted molar refractivity (Wildman–Crippen MR) is 102 cm³/mol. The number of nitrogens with zero attached hydrogens (tertiary/aromatic N) is 1. The maximum absolute atomic E-state index is 12.4. The molecule has 2 aromatic rings. The monoisotopic (exact) mass is 375 g/mol. The minimum Gasteiger partial charge on any atom is -0.427 e. The minimum absolute atomic E-state index is 0.101. The van der Waals surface area contributed by atoms with Gasteiger partial charge in [-0.1, -0.05) is 0 Å². The molecule has 0 bridgehead atoms. The van der Waals surface area contributed by atoms with Crippen LogP contribution in [0.15, 0.2) is 15.3 Å². The van der Waals surface area contributed by atoms with Gasteiger partial charge in [-0.25, -0.2) is 9.78 Å². The van der Waals surface area contributed by atoms with E-state index in [0.29, 0.717) is 24.3 Å². The molecule has 1 atom stereocenters. The van der Waals surface area contributed by atoms with E-state index < -0.39 is 5.63 Å². The van der Waals surface area contributed by atoms with Gasteiger partial charge in [0.25, 0.3) is 5.91 Å². The first-order valence-corrected chi connectivity index (χ1v) is 9.84. The summed E-state index contributed by atoms with van der Waals surface area (Å²) < 4.78 is 5.47. The molecule has 3 heterocycles. The highest BCUT2D eigenvalue weighted by Crippen LogP contribution is 2.23. The van der Waals surface area contributed by atoms with Crippen LogP contribution in [0.4, 0.5) is 0 Å². The molecule has 1 amide bonds.